The quantitative estimate of drug-likeness (QED) is 0.853. The van der Waals surface area contributed by atoms with Gasteiger partial charge in [0.15, 0.2) is 5.69 Å². The number of nitrogens with one attached hydrogen (secondary N) is 1. The van der Waals surface area contributed by atoms with Crippen LogP contribution in [-0.4, -0.2) is 21.3 Å². The van der Waals surface area contributed by atoms with Gasteiger partial charge >= 0.3 is 0 Å². The first-order valence-corrected chi connectivity index (χ1v) is 5.36. The van der Waals surface area contributed by atoms with Gasteiger partial charge in [0.1, 0.15) is 5.69 Å². The van der Waals surface area contributed by atoms with Gasteiger partial charge in [0.2, 0.25) is 0 Å². The van der Waals surface area contributed by atoms with Crippen molar-refractivity contribution in [2.45, 2.75) is 13.8 Å². The number of halogens is 1. The van der Waals surface area contributed by atoms with Crippen LogP contribution in [0.2, 0.25) is 5.02 Å². The van der Waals surface area contributed by atoms with Crippen molar-refractivity contribution < 1.29 is 4.79 Å². The largest absolute Gasteiger partial charge is 0.364 e. The third kappa shape index (κ3) is 2.01. The molecule has 0 saturated heterocycles. The van der Waals surface area contributed by atoms with E-state index in [9.17, 15) is 4.79 Å². The van der Waals surface area contributed by atoms with Crippen molar-refractivity contribution in [3.63, 3.8) is 0 Å². The molecule has 0 bridgehead atoms. The normalized spacial score (nSPS) is 10.5. The Balaban J connectivity index is 2.64. The Labute approximate surface area is 103 Å². The number of nitrogens with two attached hydrogens (primary N) is 1. The number of nitrogens with zero attached hydrogens (tertiary/aromatic N) is 2. The standard InChI is InChI=1S/C11H11ClN4O/c1-5-4-8(12)6(2)3-7(5)9-10(11(13)17)15-16-14-9/h3-4H,1-2H3,(H2,13,17)(H,14,15,16). The molecule has 1 heterocycles. The number of carbonyl (C=O) groups excluding carboxylic acids is 1. The minimum Gasteiger partial charge on any atom is -0.364 e. The van der Waals surface area contributed by atoms with Crippen LogP contribution in [0.5, 0.6) is 0 Å². The minimum absolute atomic E-state index is 0.134. The van der Waals surface area contributed by atoms with E-state index in [0.29, 0.717) is 10.7 Å². The molecule has 1 aromatic heterocycles. The molecule has 0 saturated carbocycles. The molecular formula is C11H11ClN4O. The number of amides is 1. The number of carbonyl (C=O) groups is 1. The van der Waals surface area contributed by atoms with Crippen LogP contribution in [0.4, 0.5) is 0 Å². The van der Waals surface area contributed by atoms with Crippen molar-refractivity contribution in [3.8, 4) is 11.3 Å². The van der Waals surface area contributed by atoms with Crippen molar-refractivity contribution in [2.75, 3.05) is 0 Å². The second-order valence-corrected chi connectivity index (χ2v) is 4.21. The Bertz CT molecular complexity index is 591. The summed E-state index contributed by atoms with van der Waals surface area (Å²) in [5, 5.41) is 10.8. The summed E-state index contributed by atoms with van der Waals surface area (Å²) < 4.78 is 0. The molecule has 0 aliphatic heterocycles. The Morgan fingerprint density at radius 3 is 2.65 bits per heavy atom. The number of rotatable bonds is 2. The zero-order valence-electron chi connectivity index (χ0n) is 9.41. The molecule has 5 nitrogen and oxygen atoms in total. The summed E-state index contributed by atoms with van der Waals surface area (Å²) >= 11 is 6.01. The number of hydrogen-bond donors (Lipinski definition) is 2. The number of benzene rings is 1. The number of aromatic nitrogens is 3. The van der Waals surface area contributed by atoms with E-state index in [4.69, 9.17) is 17.3 Å². The Kier molecular flexibility index (Phi) is 2.85. The van der Waals surface area contributed by atoms with Crippen LogP contribution in [-0.2, 0) is 0 Å². The molecule has 1 amide bonds. The Hall–Kier alpha value is -1.88. The van der Waals surface area contributed by atoms with Gasteiger partial charge in [0.25, 0.3) is 5.91 Å². The van der Waals surface area contributed by atoms with E-state index in [2.05, 4.69) is 15.4 Å². The lowest BCUT2D eigenvalue weighted by molar-refractivity contribution is 0.0996. The highest BCUT2D eigenvalue weighted by Crippen LogP contribution is 2.28. The summed E-state index contributed by atoms with van der Waals surface area (Å²) in [5.74, 6) is -0.610. The number of H-pyrrole nitrogens is 1. The number of aromatic amines is 1. The van der Waals surface area contributed by atoms with Crippen molar-refractivity contribution >= 4 is 17.5 Å². The number of aryl methyl sites for hydroxylation is 2. The number of primary amides is 1. The van der Waals surface area contributed by atoms with E-state index in [1.807, 2.05) is 26.0 Å². The molecule has 17 heavy (non-hydrogen) atoms. The first-order chi connectivity index (χ1) is 8.00. The van der Waals surface area contributed by atoms with Gasteiger partial charge in [0.05, 0.1) is 0 Å². The Morgan fingerprint density at radius 1 is 1.29 bits per heavy atom. The molecule has 0 aliphatic carbocycles. The van der Waals surface area contributed by atoms with E-state index < -0.39 is 5.91 Å². The lowest BCUT2D eigenvalue weighted by Gasteiger charge is -2.06. The summed E-state index contributed by atoms with van der Waals surface area (Å²) in [6.07, 6.45) is 0. The van der Waals surface area contributed by atoms with Crippen LogP contribution >= 0.6 is 11.6 Å². The zero-order chi connectivity index (χ0) is 12.6. The SMILES string of the molecule is Cc1cc(-c2n[nH]nc2C(N)=O)c(C)cc1Cl. The predicted molar refractivity (Wildman–Crippen MR) is 64.8 cm³/mol. The molecule has 3 N–H and O–H groups in total. The Morgan fingerprint density at radius 2 is 2.00 bits per heavy atom. The molecule has 88 valence electrons. The topological polar surface area (TPSA) is 84.7 Å². The maximum Gasteiger partial charge on any atom is 0.271 e. The monoisotopic (exact) mass is 250 g/mol. The van der Waals surface area contributed by atoms with Gasteiger partial charge in [0, 0.05) is 10.6 Å². The molecule has 1 aromatic carbocycles. The molecule has 0 spiro atoms. The van der Waals surface area contributed by atoms with Crippen LogP contribution < -0.4 is 5.73 Å². The molecule has 2 aromatic rings. The van der Waals surface area contributed by atoms with Crippen LogP contribution in [0.25, 0.3) is 11.3 Å². The van der Waals surface area contributed by atoms with Gasteiger partial charge in [-0.2, -0.15) is 15.4 Å². The summed E-state index contributed by atoms with van der Waals surface area (Å²) in [6, 6.07) is 3.69. The highest BCUT2D eigenvalue weighted by Gasteiger charge is 2.17. The smallest absolute Gasteiger partial charge is 0.271 e. The van der Waals surface area contributed by atoms with Gasteiger partial charge in [-0.1, -0.05) is 11.6 Å². The maximum absolute atomic E-state index is 11.2. The minimum atomic E-state index is -0.610. The maximum atomic E-state index is 11.2. The van der Waals surface area contributed by atoms with Crippen LogP contribution in [0.15, 0.2) is 12.1 Å². The van der Waals surface area contributed by atoms with E-state index in [-0.39, 0.29) is 5.69 Å². The predicted octanol–water partition coefficient (Wildman–Crippen LogP) is 1.84. The third-order valence-corrected chi connectivity index (χ3v) is 2.95. The molecule has 0 aliphatic rings. The first-order valence-electron chi connectivity index (χ1n) is 4.98. The second-order valence-electron chi connectivity index (χ2n) is 3.80. The molecule has 0 fully saturated rings. The summed E-state index contributed by atoms with van der Waals surface area (Å²) in [6.45, 7) is 3.77. The average molecular weight is 251 g/mol. The van der Waals surface area contributed by atoms with Crippen LogP contribution in [0.3, 0.4) is 0 Å². The van der Waals surface area contributed by atoms with E-state index in [0.717, 1.165) is 16.7 Å². The fourth-order valence-electron chi connectivity index (χ4n) is 1.63. The fourth-order valence-corrected chi connectivity index (χ4v) is 1.84. The van der Waals surface area contributed by atoms with Crippen LogP contribution in [0.1, 0.15) is 21.6 Å². The van der Waals surface area contributed by atoms with E-state index in [1.54, 1.807) is 0 Å². The molecule has 0 unspecified atom stereocenters. The fraction of sp³-hybridized carbons (Fsp3) is 0.182. The molecule has 2 rings (SSSR count). The summed E-state index contributed by atoms with van der Waals surface area (Å²) in [5.41, 5.74) is 8.44. The van der Waals surface area contributed by atoms with Gasteiger partial charge in [-0.3, -0.25) is 4.79 Å². The van der Waals surface area contributed by atoms with Crippen molar-refractivity contribution in [1.29, 1.82) is 0 Å². The molecular weight excluding hydrogens is 240 g/mol. The average Bonchev–Trinajstić information content (AvgIpc) is 2.72. The van der Waals surface area contributed by atoms with Crippen molar-refractivity contribution in [1.82, 2.24) is 15.4 Å². The zero-order valence-corrected chi connectivity index (χ0v) is 10.2. The van der Waals surface area contributed by atoms with Gasteiger partial charge in [-0.05, 0) is 37.1 Å². The highest BCUT2D eigenvalue weighted by molar-refractivity contribution is 6.31. The van der Waals surface area contributed by atoms with Crippen molar-refractivity contribution in [3.05, 3.63) is 34.0 Å². The summed E-state index contributed by atoms with van der Waals surface area (Å²) in [7, 11) is 0. The number of hydrogen-bond acceptors (Lipinski definition) is 3. The van der Waals surface area contributed by atoms with Crippen molar-refractivity contribution in [2.24, 2.45) is 5.73 Å². The lowest BCUT2D eigenvalue weighted by atomic mass is 10.0. The van der Waals surface area contributed by atoms with E-state index in [1.165, 1.54) is 0 Å². The molecule has 0 atom stereocenters. The molecule has 0 radical (unpaired) electrons. The second kappa shape index (κ2) is 4.18. The highest BCUT2D eigenvalue weighted by atomic mass is 35.5. The van der Waals surface area contributed by atoms with E-state index >= 15 is 0 Å². The third-order valence-electron chi connectivity index (χ3n) is 2.54. The van der Waals surface area contributed by atoms with Gasteiger partial charge in [-0.15, -0.1) is 0 Å². The van der Waals surface area contributed by atoms with Gasteiger partial charge in [-0.25, -0.2) is 0 Å². The first kappa shape index (κ1) is 11.6. The molecule has 6 heteroatoms. The lowest BCUT2D eigenvalue weighted by Crippen LogP contribution is -2.13. The van der Waals surface area contributed by atoms with Gasteiger partial charge < -0.3 is 5.73 Å². The summed E-state index contributed by atoms with van der Waals surface area (Å²) in [4.78, 5) is 11.2. The van der Waals surface area contributed by atoms with Crippen LogP contribution in [0, 0.1) is 13.8 Å².